The Bertz CT molecular complexity index is 369. The molecule has 4 nitrogen and oxygen atoms in total. The molecule has 1 aliphatic rings. The summed E-state index contributed by atoms with van der Waals surface area (Å²) >= 11 is 1.51. The lowest BCUT2D eigenvalue weighted by atomic mass is 9.97. The lowest BCUT2D eigenvalue weighted by molar-refractivity contribution is 0.222. The summed E-state index contributed by atoms with van der Waals surface area (Å²) in [5.74, 6) is 1.49. The fourth-order valence-electron chi connectivity index (χ4n) is 2.41. The zero-order chi connectivity index (χ0) is 12.4. The van der Waals surface area contributed by atoms with Crippen LogP contribution in [0, 0.1) is 12.8 Å². The number of likely N-dealkylation sites (tertiary alicyclic amines) is 1. The largest absolute Gasteiger partial charge is 0.383 e. The van der Waals surface area contributed by atoms with Gasteiger partial charge in [0, 0.05) is 19.2 Å². The van der Waals surface area contributed by atoms with Crippen LogP contribution in [-0.2, 0) is 0 Å². The highest BCUT2D eigenvalue weighted by atomic mass is 32.1. The van der Waals surface area contributed by atoms with Gasteiger partial charge in [-0.3, -0.25) is 0 Å². The molecule has 0 radical (unpaired) electrons. The van der Waals surface area contributed by atoms with Crippen molar-refractivity contribution in [2.24, 2.45) is 5.92 Å². The molecule has 17 heavy (non-hydrogen) atoms. The van der Waals surface area contributed by atoms with E-state index in [1.54, 1.807) is 0 Å². The van der Waals surface area contributed by atoms with E-state index < -0.39 is 0 Å². The van der Waals surface area contributed by atoms with Crippen LogP contribution in [0.4, 0.5) is 10.8 Å². The first-order valence-corrected chi connectivity index (χ1v) is 6.96. The molecule has 0 saturated carbocycles. The maximum Gasteiger partial charge on any atom is 0.142 e. The van der Waals surface area contributed by atoms with Crippen molar-refractivity contribution in [1.29, 1.82) is 0 Å². The van der Waals surface area contributed by atoms with Crippen LogP contribution in [0.25, 0.3) is 0 Å². The fourth-order valence-corrected chi connectivity index (χ4v) is 3.19. The molecule has 0 unspecified atom stereocenters. The Morgan fingerprint density at radius 1 is 1.47 bits per heavy atom. The molecule has 1 aromatic rings. The van der Waals surface area contributed by atoms with Gasteiger partial charge in [-0.15, -0.1) is 0 Å². The van der Waals surface area contributed by atoms with Crippen molar-refractivity contribution in [3.8, 4) is 0 Å². The lowest BCUT2D eigenvalue weighted by Crippen LogP contribution is -2.35. The van der Waals surface area contributed by atoms with Gasteiger partial charge in [0.2, 0.25) is 0 Å². The number of hydrogen-bond acceptors (Lipinski definition) is 5. The standard InChI is InChI=1S/C12H22N4S/c1-9-11(13)14-17-12(9)16(3)8-10-4-6-15(2)7-5-10/h10H,4-8H2,1-3H3,(H2,13,14). The van der Waals surface area contributed by atoms with Crippen molar-refractivity contribution in [3.05, 3.63) is 5.56 Å². The van der Waals surface area contributed by atoms with Gasteiger partial charge in [0.25, 0.3) is 0 Å². The second-order valence-corrected chi connectivity index (χ2v) is 5.88. The van der Waals surface area contributed by atoms with E-state index in [-0.39, 0.29) is 0 Å². The number of nitrogens with two attached hydrogens (primary N) is 1. The van der Waals surface area contributed by atoms with Crippen LogP contribution < -0.4 is 10.6 Å². The topological polar surface area (TPSA) is 45.4 Å². The second-order valence-electron chi connectivity index (χ2n) is 5.13. The van der Waals surface area contributed by atoms with Crippen LogP contribution in [0.2, 0.25) is 0 Å². The quantitative estimate of drug-likeness (QED) is 0.893. The van der Waals surface area contributed by atoms with Gasteiger partial charge in [0.05, 0.1) is 0 Å². The molecule has 2 heterocycles. The van der Waals surface area contributed by atoms with E-state index in [0.717, 1.165) is 18.0 Å². The van der Waals surface area contributed by atoms with Crippen LogP contribution in [-0.4, -0.2) is 43.0 Å². The number of nitrogens with zero attached hydrogens (tertiary/aromatic N) is 3. The van der Waals surface area contributed by atoms with Gasteiger partial charge in [-0.05, 0) is 57.4 Å². The number of aromatic nitrogens is 1. The molecule has 1 aromatic heterocycles. The second kappa shape index (κ2) is 5.23. The Morgan fingerprint density at radius 3 is 2.65 bits per heavy atom. The van der Waals surface area contributed by atoms with E-state index in [1.165, 1.54) is 42.5 Å². The molecular formula is C12H22N4S. The van der Waals surface area contributed by atoms with Crippen molar-refractivity contribution in [2.45, 2.75) is 19.8 Å². The summed E-state index contributed by atoms with van der Waals surface area (Å²) in [6.45, 7) is 5.63. The zero-order valence-electron chi connectivity index (χ0n) is 10.9. The number of rotatable bonds is 3. The van der Waals surface area contributed by atoms with Crippen molar-refractivity contribution in [2.75, 3.05) is 44.4 Å². The molecule has 5 heteroatoms. The smallest absolute Gasteiger partial charge is 0.142 e. The van der Waals surface area contributed by atoms with Gasteiger partial charge in [-0.25, -0.2) is 0 Å². The van der Waals surface area contributed by atoms with Gasteiger partial charge in [0.1, 0.15) is 10.8 Å². The van der Waals surface area contributed by atoms with Gasteiger partial charge in [-0.1, -0.05) is 0 Å². The molecule has 0 aromatic carbocycles. The van der Waals surface area contributed by atoms with E-state index in [2.05, 4.69) is 35.2 Å². The number of piperidine rings is 1. The normalized spacial score (nSPS) is 18.5. The Hall–Kier alpha value is -0.810. The summed E-state index contributed by atoms with van der Waals surface area (Å²) < 4.78 is 4.21. The minimum absolute atomic E-state index is 0.681. The molecule has 2 N–H and O–H groups in total. The first-order valence-electron chi connectivity index (χ1n) is 6.19. The molecule has 1 fully saturated rings. The van der Waals surface area contributed by atoms with E-state index in [4.69, 9.17) is 5.73 Å². The molecule has 0 amide bonds. The Morgan fingerprint density at radius 2 is 2.12 bits per heavy atom. The van der Waals surface area contributed by atoms with E-state index in [0.29, 0.717) is 5.82 Å². The first kappa shape index (κ1) is 12.6. The van der Waals surface area contributed by atoms with Crippen molar-refractivity contribution >= 4 is 22.4 Å². The summed E-state index contributed by atoms with van der Waals surface area (Å²) in [5, 5.41) is 1.22. The van der Waals surface area contributed by atoms with Gasteiger partial charge >= 0.3 is 0 Å². The predicted molar refractivity (Wildman–Crippen MR) is 74.8 cm³/mol. The maximum atomic E-state index is 5.80. The van der Waals surface area contributed by atoms with Crippen LogP contribution in [0.15, 0.2) is 0 Å². The molecular weight excluding hydrogens is 232 g/mol. The number of hydrogen-bond donors (Lipinski definition) is 1. The van der Waals surface area contributed by atoms with Crippen molar-refractivity contribution in [1.82, 2.24) is 9.27 Å². The minimum atomic E-state index is 0.681. The highest BCUT2D eigenvalue weighted by Crippen LogP contribution is 2.30. The third-order valence-corrected chi connectivity index (χ3v) is 4.73. The SMILES string of the molecule is Cc1c(N)nsc1N(C)CC1CCN(C)CC1. The van der Waals surface area contributed by atoms with Crippen LogP contribution >= 0.6 is 11.5 Å². The predicted octanol–water partition coefficient (Wildman–Crippen LogP) is 1.81. The molecule has 1 saturated heterocycles. The maximum absolute atomic E-state index is 5.80. The van der Waals surface area contributed by atoms with E-state index >= 15 is 0 Å². The van der Waals surface area contributed by atoms with Gasteiger partial charge < -0.3 is 15.5 Å². The summed E-state index contributed by atoms with van der Waals surface area (Å²) in [5.41, 5.74) is 6.93. The molecule has 0 aliphatic carbocycles. The summed E-state index contributed by atoms with van der Waals surface area (Å²) in [4.78, 5) is 4.73. The Kier molecular flexibility index (Phi) is 3.89. The summed E-state index contributed by atoms with van der Waals surface area (Å²) in [7, 11) is 4.35. The van der Waals surface area contributed by atoms with Crippen LogP contribution in [0.5, 0.6) is 0 Å². The minimum Gasteiger partial charge on any atom is -0.383 e. The third-order valence-electron chi connectivity index (χ3n) is 3.65. The average Bonchev–Trinajstić information content (AvgIpc) is 2.63. The fraction of sp³-hybridized carbons (Fsp3) is 0.750. The Labute approximate surface area is 108 Å². The summed E-state index contributed by atoms with van der Waals surface area (Å²) in [6.07, 6.45) is 2.60. The molecule has 0 atom stereocenters. The monoisotopic (exact) mass is 254 g/mol. The van der Waals surface area contributed by atoms with Crippen molar-refractivity contribution < 1.29 is 0 Å². The zero-order valence-corrected chi connectivity index (χ0v) is 11.8. The average molecular weight is 254 g/mol. The third kappa shape index (κ3) is 2.90. The highest BCUT2D eigenvalue weighted by Gasteiger charge is 2.20. The highest BCUT2D eigenvalue weighted by molar-refractivity contribution is 7.10. The van der Waals surface area contributed by atoms with E-state index in [9.17, 15) is 0 Å². The summed E-state index contributed by atoms with van der Waals surface area (Å²) in [6, 6.07) is 0. The van der Waals surface area contributed by atoms with Gasteiger partial charge in [-0.2, -0.15) is 4.37 Å². The Balaban J connectivity index is 1.93. The van der Waals surface area contributed by atoms with Crippen molar-refractivity contribution in [3.63, 3.8) is 0 Å². The van der Waals surface area contributed by atoms with E-state index in [1.807, 2.05) is 0 Å². The van der Waals surface area contributed by atoms with Crippen LogP contribution in [0.3, 0.4) is 0 Å². The lowest BCUT2D eigenvalue weighted by Gasteiger charge is -2.32. The van der Waals surface area contributed by atoms with Gasteiger partial charge in [0.15, 0.2) is 0 Å². The number of nitrogen functional groups attached to an aromatic ring is 1. The molecule has 1 aliphatic heterocycles. The first-order chi connectivity index (χ1) is 8.08. The molecule has 0 spiro atoms. The molecule has 96 valence electrons. The molecule has 2 rings (SSSR count). The van der Waals surface area contributed by atoms with Crippen LogP contribution in [0.1, 0.15) is 18.4 Å². The number of anilines is 2. The molecule has 0 bridgehead atoms.